The molecule has 1 aromatic rings. The Kier molecular flexibility index (Phi) is 5.49. The summed E-state index contributed by atoms with van der Waals surface area (Å²) >= 11 is 1.64. The molecule has 0 amide bonds. The van der Waals surface area contributed by atoms with E-state index in [2.05, 4.69) is 20.4 Å². The lowest BCUT2D eigenvalue weighted by atomic mass is 10.4. The third-order valence-corrected chi connectivity index (χ3v) is 3.55. The normalized spacial score (nSPS) is 19.6. The molecule has 0 aromatic carbocycles. The zero-order chi connectivity index (χ0) is 14.4. The Bertz CT molecular complexity index is 496. The van der Waals surface area contributed by atoms with E-state index in [1.165, 1.54) is 0 Å². The molecule has 0 aliphatic carbocycles. The van der Waals surface area contributed by atoms with Crippen LogP contribution in [0.5, 0.6) is 0 Å². The van der Waals surface area contributed by atoms with Crippen molar-refractivity contribution >= 4 is 22.6 Å². The summed E-state index contributed by atoms with van der Waals surface area (Å²) in [5.74, 6) is 3.45. The first kappa shape index (κ1) is 14.9. The minimum Gasteiger partial charge on any atom is -0.461 e. The molecule has 2 rings (SSSR count). The van der Waals surface area contributed by atoms with Gasteiger partial charge in [0, 0.05) is 19.3 Å². The average Bonchev–Trinajstić information content (AvgIpc) is 2.86. The summed E-state index contributed by atoms with van der Waals surface area (Å²) in [4.78, 5) is 11.5. The van der Waals surface area contributed by atoms with Gasteiger partial charge < -0.3 is 19.5 Å². The second kappa shape index (κ2) is 7.35. The minimum absolute atomic E-state index is 0.328. The number of rotatable bonds is 5. The lowest BCUT2D eigenvalue weighted by Gasteiger charge is -2.15. The van der Waals surface area contributed by atoms with E-state index in [9.17, 15) is 0 Å². The number of aliphatic imine (C=N–C) groups is 1. The van der Waals surface area contributed by atoms with Crippen LogP contribution < -0.4 is 5.32 Å². The molecule has 1 saturated heterocycles. The molecule has 110 valence electrons. The molecule has 2 heterocycles. The van der Waals surface area contributed by atoms with Gasteiger partial charge in [-0.15, -0.1) is 0 Å². The SMILES string of the molecule is CN=C1NCCS/C1=N/OCc1ccc(CN(C)C)o1. The highest BCUT2D eigenvalue weighted by Gasteiger charge is 2.15. The van der Waals surface area contributed by atoms with Gasteiger partial charge in [-0.2, -0.15) is 0 Å². The van der Waals surface area contributed by atoms with Crippen molar-refractivity contribution < 1.29 is 9.25 Å². The number of hydrogen-bond donors (Lipinski definition) is 1. The molecule has 1 aromatic heterocycles. The van der Waals surface area contributed by atoms with Crippen molar-refractivity contribution in [1.29, 1.82) is 0 Å². The van der Waals surface area contributed by atoms with Crippen LogP contribution in [0.1, 0.15) is 11.5 Å². The summed E-state index contributed by atoms with van der Waals surface area (Å²) in [7, 11) is 5.75. The Hall–Kier alpha value is -1.47. The van der Waals surface area contributed by atoms with E-state index in [1.54, 1.807) is 18.8 Å². The van der Waals surface area contributed by atoms with Crippen LogP contribution in [0.4, 0.5) is 0 Å². The third kappa shape index (κ3) is 4.28. The molecule has 0 bridgehead atoms. The van der Waals surface area contributed by atoms with Crippen LogP contribution in [0.25, 0.3) is 0 Å². The first-order valence-electron chi connectivity index (χ1n) is 6.45. The highest BCUT2D eigenvalue weighted by molar-refractivity contribution is 8.15. The molecular formula is C13H20N4O2S. The zero-order valence-corrected chi connectivity index (χ0v) is 12.9. The predicted octanol–water partition coefficient (Wildman–Crippen LogP) is 1.54. The van der Waals surface area contributed by atoms with Crippen LogP contribution in [-0.4, -0.2) is 49.2 Å². The van der Waals surface area contributed by atoms with Crippen LogP contribution in [0.3, 0.4) is 0 Å². The summed E-state index contributed by atoms with van der Waals surface area (Å²) in [5.41, 5.74) is 0. The summed E-state index contributed by atoms with van der Waals surface area (Å²) in [6.45, 7) is 2.01. The lowest BCUT2D eigenvalue weighted by molar-refractivity contribution is 0.114. The number of furan rings is 1. The molecule has 1 aliphatic heterocycles. The maximum atomic E-state index is 5.65. The maximum absolute atomic E-state index is 5.65. The van der Waals surface area contributed by atoms with Crippen LogP contribution in [0, 0.1) is 0 Å². The molecule has 0 unspecified atom stereocenters. The fourth-order valence-electron chi connectivity index (χ4n) is 1.76. The largest absolute Gasteiger partial charge is 0.461 e. The average molecular weight is 296 g/mol. The monoisotopic (exact) mass is 296 g/mol. The van der Waals surface area contributed by atoms with Gasteiger partial charge in [-0.25, -0.2) is 0 Å². The third-order valence-electron chi connectivity index (χ3n) is 2.60. The van der Waals surface area contributed by atoms with Gasteiger partial charge in [0.2, 0.25) is 0 Å². The smallest absolute Gasteiger partial charge is 0.177 e. The number of hydrogen-bond acceptors (Lipinski definition) is 6. The molecule has 1 fully saturated rings. The Morgan fingerprint density at radius 1 is 1.40 bits per heavy atom. The summed E-state index contributed by atoms with van der Waals surface area (Å²) in [6, 6.07) is 3.88. The summed E-state index contributed by atoms with van der Waals surface area (Å²) < 4.78 is 5.65. The van der Waals surface area contributed by atoms with Gasteiger partial charge >= 0.3 is 0 Å². The zero-order valence-electron chi connectivity index (χ0n) is 12.0. The Balaban J connectivity index is 1.87. The van der Waals surface area contributed by atoms with Crippen molar-refractivity contribution in [2.45, 2.75) is 13.2 Å². The molecule has 20 heavy (non-hydrogen) atoms. The molecule has 0 spiro atoms. The minimum atomic E-state index is 0.328. The van der Waals surface area contributed by atoms with E-state index < -0.39 is 0 Å². The van der Waals surface area contributed by atoms with Crippen LogP contribution in [-0.2, 0) is 18.0 Å². The summed E-state index contributed by atoms with van der Waals surface area (Å²) in [5, 5.41) is 8.09. The number of oxime groups is 1. The highest BCUT2D eigenvalue weighted by Crippen LogP contribution is 2.13. The quantitative estimate of drug-likeness (QED) is 0.835. The predicted molar refractivity (Wildman–Crippen MR) is 82.1 cm³/mol. The lowest BCUT2D eigenvalue weighted by Crippen LogP contribution is -2.36. The number of nitrogens with one attached hydrogen (secondary N) is 1. The highest BCUT2D eigenvalue weighted by atomic mass is 32.2. The molecule has 1 aliphatic rings. The van der Waals surface area contributed by atoms with Crippen molar-refractivity contribution in [2.24, 2.45) is 10.1 Å². The van der Waals surface area contributed by atoms with E-state index in [4.69, 9.17) is 9.25 Å². The Morgan fingerprint density at radius 3 is 2.95 bits per heavy atom. The van der Waals surface area contributed by atoms with Crippen LogP contribution in [0.2, 0.25) is 0 Å². The van der Waals surface area contributed by atoms with E-state index >= 15 is 0 Å². The van der Waals surface area contributed by atoms with E-state index in [1.807, 2.05) is 26.2 Å². The van der Waals surface area contributed by atoms with Gasteiger partial charge in [0.05, 0.1) is 6.54 Å². The molecule has 0 atom stereocenters. The molecule has 0 saturated carbocycles. The number of thioether (sulfide) groups is 1. The summed E-state index contributed by atoms with van der Waals surface area (Å²) in [6.07, 6.45) is 0. The number of nitrogens with zero attached hydrogens (tertiary/aromatic N) is 3. The van der Waals surface area contributed by atoms with E-state index in [-0.39, 0.29) is 0 Å². The topological polar surface area (TPSA) is 62.4 Å². The molecule has 7 heteroatoms. The van der Waals surface area contributed by atoms with Crippen molar-refractivity contribution in [2.75, 3.05) is 33.4 Å². The Morgan fingerprint density at radius 2 is 2.20 bits per heavy atom. The molecule has 6 nitrogen and oxygen atoms in total. The van der Waals surface area contributed by atoms with Gasteiger partial charge in [0.15, 0.2) is 17.5 Å². The van der Waals surface area contributed by atoms with Gasteiger partial charge in [0.25, 0.3) is 0 Å². The van der Waals surface area contributed by atoms with Crippen molar-refractivity contribution in [3.63, 3.8) is 0 Å². The van der Waals surface area contributed by atoms with Crippen molar-refractivity contribution in [3.8, 4) is 0 Å². The Labute approximate surface area is 123 Å². The first-order chi connectivity index (χ1) is 9.69. The second-order valence-electron chi connectivity index (χ2n) is 4.62. The van der Waals surface area contributed by atoms with Crippen LogP contribution >= 0.6 is 11.8 Å². The van der Waals surface area contributed by atoms with E-state index in [0.717, 1.165) is 41.2 Å². The molecule has 0 radical (unpaired) electrons. The molecule has 1 N–H and O–H groups in total. The van der Waals surface area contributed by atoms with Crippen molar-refractivity contribution in [3.05, 3.63) is 23.7 Å². The standard InChI is InChI=1S/C13H20N4O2S/c1-14-12-13(20-7-6-15-12)16-18-9-11-5-4-10(19-11)8-17(2)3/h4-5H,6-9H2,1-3H3,(H,14,15)/b16-13+. The number of amidine groups is 1. The van der Waals surface area contributed by atoms with E-state index in [0.29, 0.717) is 6.61 Å². The molecular weight excluding hydrogens is 276 g/mol. The fourth-order valence-corrected chi connectivity index (χ4v) is 2.56. The van der Waals surface area contributed by atoms with Gasteiger partial charge in [-0.05, 0) is 26.2 Å². The first-order valence-corrected chi connectivity index (χ1v) is 7.43. The maximum Gasteiger partial charge on any atom is 0.177 e. The van der Waals surface area contributed by atoms with Gasteiger partial charge in [-0.3, -0.25) is 4.99 Å². The van der Waals surface area contributed by atoms with Gasteiger partial charge in [0.1, 0.15) is 11.5 Å². The van der Waals surface area contributed by atoms with Crippen LogP contribution in [0.15, 0.2) is 26.7 Å². The second-order valence-corrected chi connectivity index (χ2v) is 5.71. The van der Waals surface area contributed by atoms with Gasteiger partial charge in [-0.1, -0.05) is 16.9 Å². The fraction of sp³-hybridized carbons (Fsp3) is 0.538. The van der Waals surface area contributed by atoms with Crippen molar-refractivity contribution in [1.82, 2.24) is 10.2 Å².